The van der Waals surface area contributed by atoms with Gasteiger partial charge in [-0.05, 0) is 25.7 Å². The first-order chi connectivity index (χ1) is 8.86. The van der Waals surface area contributed by atoms with Crippen molar-refractivity contribution in [1.29, 1.82) is 0 Å². The van der Waals surface area contributed by atoms with Gasteiger partial charge >= 0.3 is 0 Å². The molecule has 3 fully saturated rings. The van der Waals surface area contributed by atoms with Crippen molar-refractivity contribution < 1.29 is 0 Å². The summed E-state index contributed by atoms with van der Waals surface area (Å²) in [4.78, 5) is 9.72. The van der Waals surface area contributed by atoms with Crippen molar-refractivity contribution in [1.82, 2.24) is 15.2 Å². The van der Waals surface area contributed by atoms with Crippen LogP contribution in [0, 0.1) is 0 Å². The Labute approximate surface area is 109 Å². The average molecular weight is 251 g/mol. The molecule has 3 N–H and O–H groups in total. The van der Waals surface area contributed by atoms with Gasteiger partial charge in [-0.1, -0.05) is 12.8 Å². The van der Waals surface area contributed by atoms with Crippen LogP contribution in [0.15, 0.2) is 4.99 Å². The number of nitrogens with zero attached hydrogens (tertiary/aromatic N) is 3. The second-order valence-electron chi connectivity index (χ2n) is 5.79. The number of nitrogens with one attached hydrogen (secondary N) is 1. The highest BCUT2D eigenvalue weighted by molar-refractivity contribution is 5.79. The van der Waals surface area contributed by atoms with Crippen molar-refractivity contribution >= 4 is 5.96 Å². The normalized spacial score (nSPS) is 27.8. The number of aliphatic imine (C=N–C) groups is 1. The molecular formula is C13H25N5. The molecule has 0 aromatic rings. The molecule has 3 aliphatic rings. The Morgan fingerprint density at radius 1 is 1.00 bits per heavy atom. The van der Waals surface area contributed by atoms with Gasteiger partial charge in [-0.2, -0.15) is 0 Å². The Hall–Kier alpha value is -0.810. The lowest BCUT2D eigenvalue weighted by Crippen LogP contribution is -2.54. The van der Waals surface area contributed by atoms with Gasteiger partial charge in [0.05, 0.1) is 6.04 Å². The molecule has 0 bridgehead atoms. The molecule has 102 valence electrons. The van der Waals surface area contributed by atoms with Crippen LogP contribution in [0.1, 0.15) is 38.5 Å². The third-order valence-corrected chi connectivity index (χ3v) is 4.44. The lowest BCUT2D eigenvalue weighted by molar-refractivity contribution is 0.171. The van der Waals surface area contributed by atoms with Gasteiger partial charge in [0.15, 0.2) is 0 Å². The Bertz CT molecular complexity index is 299. The largest absolute Gasteiger partial charge is 0.339 e. The van der Waals surface area contributed by atoms with Gasteiger partial charge in [0.2, 0.25) is 5.96 Å². The zero-order valence-electron chi connectivity index (χ0n) is 11.1. The molecule has 0 unspecified atom stereocenters. The average Bonchev–Trinajstić information content (AvgIpc) is 3.14. The van der Waals surface area contributed by atoms with E-state index in [9.17, 15) is 0 Å². The van der Waals surface area contributed by atoms with Gasteiger partial charge in [0, 0.05) is 32.2 Å². The molecule has 18 heavy (non-hydrogen) atoms. The summed E-state index contributed by atoms with van der Waals surface area (Å²) in [5.41, 5.74) is 2.82. The maximum absolute atomic E-state index is 5.65. The molecule has 0 atom stereocenters. The highest BCUT2D eigenvalue weighted by atomic mass is 15.4. The molecule has 0 aromatic heterocycles. The minimum absolute atomic E-state index is 0.498. The monoisotopic (exact) mass is 251 g/mol. The smallest absolute Gasteiger partial charge is 0.208 e. The van der Waals surface area contributed by atoms with E-state index in [2.05, 4.69) is 15.2 Å². The van der Waals surface area contributed by atoms with Crippen LogP contribution in [0.2, 0.25) is 0 Å². The molecular weight excluding hydrogens is 226 g/mol. The fraction of sp³-hybridized carbons (Fsp3) is 0.923. The maximum Gasteiger partial charge on any atom is 0.208 e. The standard InChI is InChI=1S/C13H25N5/c14-16-13(15-11-3-1-2-4-11)18-9-7-17(8-10-18)12-5-6-12/h11-12H,1-10,14H2,(H,15,16). The molecule has 2 aliphatic carbocycles. The van der Waals surface area contributed by atoms with E-state index in [4.69, 9.17) is 10.8 Å². The Morgan fingerprint density at radius 3 is 2.22 bits per heavy atom. The van der Waals surface area contributed by atoms with E-state index in [0.717, 1.165) is 38.2 Å². The third kappa shape index (κ3) is 2.78. The molecule has 5 nitrogen and oxygen atoms in total. The van der Waals surface area contributed by atoms with Crippen LogP contribution >= 0.6 is 0 Å². The van der Waals surface area contributed by atoms with E-state index in [1.165, 1.54) is 38.5 Å². The van der Waals surface area contributed by atoms with E-state index >= 15 is 0 Å². The van der Waals surface area contributed by atoms with Crippen molar-refractivity contribution in [2.75, 3.05) is 26.2 Å². The summed E-state index contributed by atoms with van der Waals surface area (Å²) in [6, 6.07) is 1.38. The summed E-state index contributed by atoms with van der Waals surface area (Å²) in [6.07, 6.45) is 7.90. The number of rotatable bonds is 2. The summed E-state index contributed by atoms with van der Waals surface area (Å²) in [5.74, 6) is 6.57. The van der Waals surface area contributed by atoms with Gasteiger partial charge in [0.1, 0.15) is 0 Å². The summed E-state index contributed by atoms with van der Waals surface area (Å²) in [5, 5.41) is 0. The molecule has 3 rings (SSSR count). The van der Waals surface area contributed by atoms with Crippen LogP contribution in [0.5, 0.6) is 0 Å². The van der Waals surface area contributed by atoms with Crippen molar-refractivity contribution in [3.05, 3.63) is 0 Å². The molecule has 2 saturated carbocycles. The third-order valence-electron chi connectivity index (χ3n) is 4.44. The minimum atomic E-state index is 0.498. The number of hydrogen-bond donors (Lipinski definition) is 2. The van der Waals surface area contributed by atoms with E-state index in [0.29, 0.717) is 6.04 Å². The Balaban J connectivity index is 1.55. The first-order valence-corrected chi connectivity index (χ1v) is 7.40. The Morgan fingerprint density at radius 2 is 1.67 bits per heavy atom. The van der Waals surface area contributed by atoms with Gasteiger partial charge in [-0.3, -0.25) is 10.3 Å². The van der Waals surface area contributed by atoms with E-state index in [-0.39, 0.29) is 0 Å². The lowest BCUT2D eigenvalue weighted by Gasteiger charge is -2.36. The number of piperazine rings is 1. The van der Waals surface area contributed by atoms with E-state index in [1.807, 2.05) is 0 Å². The number of hydrogen-bond acceptors (Lipinski definition) is 3. The van der Waals surface area contributed by atoms with Crippen molar-refractivity contribution in [2.45, 2.75) is 50.6 Å². The molecule has 0 radical (unpaired) electrons. The van der Waals surface area contributed by atoms with Crippen LogP contribution in [0.25, 0.3) is 0 Å². The van der Waals surface area contributed by atoms with Crippen molar-refractivity contribution in [3.63, 3.8) is 0 Å². The fourth-order valence-electron chi connectivity index (χ4n) is 3.16. The van der Waals surface area contributed by atoms with E-state index in [1.54, 1.807) is 0 Å². The van der Waals surface area contributed by atoms with E-state index < -0.39 is 0 Å². The van der Waals surface area contributed by atoms with Crippen LogP contribution in [-0.2, 0) is 0 Å². The summed E-state index contributed by atoms with van der Waals surface area (Å²) in [6.45, 7) is 4.45. The molecule has 0 aromatic carbocycles. The van der Waals surface area contributed by atoms with Crippen molar-refractivity contribution in [3.8, 4) is 0 Å². The molecule has 1 heterocycles. The summed E-state index contributed by atoms with van der Waals surface area (Å²) >= 11 is 0. The van der Waals surface area contributed by atoms with Crippen LogP contribution < -0.4 is 11.3 Å². The number of nitrogens with two attached hydrogens (primary N) is 1. The second-order valence-corrected chi connectivity index (χ2v) is 5.79. The van der Waals surface area contributed by atoms with Gasteiger partial charge in [-0.25, -0.2) is 10.8 Å². The molecule has 1 aliphatic heterocycles. The first kappa shape index (κ1) is 12.2. The van der Waals surface area contributed by atoms with Gasteiger partial charge < -0.3 is 4.90 Å². The molecule has 5 heteroatoms. The highest BCUT2D eigenvalue weighted by Gasteiger charge is 2.31. The maximum atomic E-state index is 5.65. The number of guanidine groups is 1. The molecule has 1 saturated heterocycles. The second kappa shape index (κ2) is 5.45. The fourth-order valence-corrected chi connectivity index (χ4v) is 3.16. The van der Waals surface area contributed by atoms with Crippen LogP contribution in [-0.4, -0.2) is 54.0 Å². The first-order valence-electron chi connectivity index (χ1n) is 7.40. The quantitative estimate of drug-likeness (QED) is 0.325. The van der Waals surface area contributed by atoms with Gasteiger partial charge in [-0.15, -0.1) is 0 Å². The predicted octanol–water partition coefficient (Wildman–Crippen LogP) is 0.528. The lowest BCUT2D eigenvalue weighted by atomic mass is 10.3. The predicted molar refractivity (Wildman–Crippen MR) is 73.2 cm³/mol. The molecule has 0 spiro atoms. The zero-order valence-corrected chi connectivity index (χ0v) is 11.1. The summed E-state index contributed by atoms with van der Waals surface area (Å²) in [7, 11) is 0. The minimum Gasteiger partial charge on any atom is -0.339 e. The highest BCUT2D eigenvalue weighted by Crippen LogP contribution is 2.27. The Kier molecular flexibility index (Phi) is 3.70. The van der Waals surface area contributed by atoms with Crippen LogP contribution in [0.4, 0.5) is 0 Å². The molecule has 0 amide bonds. The summed E-state index contributed by atoms with van der Waals surface area (Å²) < 4.78 is 0. The topological polar surface area (TPSA) is 56.9 Å². The number of hydrazine groups is 1. The van der Waals surface area contributed by atoms with Crippen LogP contribution in [0.3, 0.4) is 0 Å². The SMILES string of the molecule is NNC(=NC1CCCC1)N1CCN(C2CC2)CC1. The van der Waals surface area contributed by atoms with Crippen molar-refractivity contribution in [2.24, 2.45) is 10.8 Å². The zero-order chi connectivity index (χ0) is 12.4. The van der Waals surface area contributed by atoms with Gasteiger partial charge in [0.25, 0.3) is 0 Å².